The highest BCUT2D eigenvalue weighted by Crippen LogP contribution is 2.21. The van der Waals surface area contributed by atoms with E-state index in [9.17, 15) is 0 Å². The van der Waals surface area contributed by atoms with Crippen molar-refractivity contribution in [3.05, 3.63) is 41.4 Å². The Morgan fingerprint density at radius 2 is 2.27 bits per heavy atom. The van der Waals surface area contributed by atoms with Gasteiger partial charge < -0.3 is 5.11 Å². The molecular weight excluding hydrogens is 160 g/mol. The molecule has 0 saturated carbocycles. The van der Waals surface area contributed by atoms with Crippen molar-refractivity contribution in [1.29, 1.82) is 0 Å². The minimum absolute atomic E-state index is 0.242. The molecular formula is C9H9ClO. The van der Waals surface area contributed by atoms with Gasteiger partial charge >= 0.3 is 0 Å². The molecule has 1 nitrogen and oxygen atoms in total. The average molecular weight is 169 g/mol. The molecule has 1 aromatic carbocycles. The summed E-state index contributed by atoms with van der Waals surface area (Å²) in [6.07, 6.45) is 2.44. The van der Waals surface area contributed by atoms with Crippen LogP contribution in [0.25, 0.3) is 0 Å². The normalized spacial score (nSPS) is 9.55. The van der Waals surface area contributed by atoms with Gasteiger partial charge in [0, 0.05) is 5.02 Å². The van der Waals surface area contributed by atoms with Crippen LogP contribution in [-0.4, -0.2) is 5.11 Å². The molecule has 1 aromatic rings. The molecule has 0 spiro atoms. The second-order valence-corrected chi connectivity index (χ2v) is 2.68. The Balaban J connectivity index is 3.01. The molecule has 1 N–H and O–H groups in total. The van der Waals surface area contributed by atoms with Gasteiger partial charge in [0.2, 0.25) is 0 Å². The van der Waals surface area contributed by atoms with Crippen molar-refractivity contribution in [3.8, 4) is 5.75 Å². The molecule has 0 unspecified atom stereocenters. The van der Waals surface area contributed by atoms with Crippen LogP contribution >= 0.6 is 11.6 Å². The van der Waals surface area contributed by atoms with Crippen LogP contribution in [0.2, 0.25) is 5.02 Å². The Hall–Kier alpha value is -0.950. The highest BCUT2D eigenvalue weighted by molar-refractivity contribution is 6.31. The van der Waals surface area contributed by atoms with E-state index in [2.05, 4.69) is 6.58 Å². The molecule has 11 heavy (non-hydrogen) atoms. The minimum Gasteiger partial charge on any atom is -0.508 e. The maximum atomic E-state index is 9.07. The lowest BCUT2D eigenvalue weighted by Gasteiger charge is -2.00. The van der Waals surface area contributed by atoms with E-state index >= 15 is 0 Å². The van der Waals surface area contributed by atoms with Crippen LogP contribution in [0.1, 0.15) is 5.56 Å². The molecule has 58 valence electrons. The number of halogens is 1. The number of phenols is 1. The second kappa shape index (κ2) is 3.44. The van der Waals surface area contributed by atoms with Crippen LogP contribution in [-0.2, 0) is 6.42 Å². The Morgan fingerprint density at radius 3 is 2.91 bits per heavy atom. The van der Waals surface area contributed by atoms with E-state index in [-0.39, 0.29) is 5.75 Å². The molecule has 0 saturated heterocycles. The van der Waals surface area contributed by atoms with Gasteiger partial charge in [-0.25, -0.2) is 0 Å². The predicted molar refractivity (Wildman–Crippen MR) is 47.0 cm³/mol. The van der Waals surface area contributed by atoms with Gasteiger partial charge in [-0.2, -0.15) is 0 Å². The van der Waals surface area contributed by atoms with E-state index in [1.165, 1.54) is 0 Å². The standard InChI is InChI=1S/C9H9ClO/c1-2-3-7-6-8(11)4-5-9(7)10/h2,4-6,11H,1,3H2. The number of hydrogen-bond donors (Lipinski definition) is 1. The van der Waals surface area contributed by atoms with Crippen molar-refractivity contribution >= 4 is 11.6 Å². The zero-order valence-electron chi connectivity index (χ0n) is 6.05. The van der Waals surface area contributed by atoms with Crippen LogP contribution in [0.3, 0.4) is 0 Å². The maximum absolute atomic E-state index is 9.07. The summed E-state index contributed by atoms with van der Waals surface area (Å²) in [4.78, 5) is 0. The number of benzene rings is 1. The average Bonchev–Trinajstić information content (AvgIpc) is 1.98. The van der Waals surface area contributed by atoms with E-state index < -0.39 is 0 Å². The summed E-state index contributed by atoms with van der Waals surface area (Å²) < 4.78 is 0. The van der Waals surface area contributed by atoms with Gasteiger partial charge in [0.05, 0.1) is 0 Å². The first kappa shape index (κ1) is 8.15. The molecule has 0 heterocycles. The zero-order chi connectivity index (χ0) is 8.27. The number of rotatable bonds is 2. The molecule has 0 radical (unpaired) electrons. The van der Waals surface area contributed by atoms with Crippen LogP contribution < -0.4 is 0 Å². The monoisotopic (exact) mass is 168 g/mol. The van der Waals surface area contributed by atoms with E-state index in [1.807, 2.05) is 0 Å². The van der Waals surface area contributed by atoms with E-state index in [0.717, 1.165) is 5.56 Å². The summed E-state index contributed by atoms with van der Waals surface area (Å²) in [6, 6.07) is 4.88. The summed E-state index contributed by atoms with van der Waals surface area (Å²) in [6.45, 7) is 3.59. The van der Waals surface area contributed by atoms with Crippen molar-refractivity contribution in [2.24, 2.45) is 0 Å². The first-order chi connectivity index (χ1) is 5.24. The lowest BCUT2D eigenvalue weighted by Crippen LogP contribution is -1.81. The van der Waals surface area contributed by atoms with Crippen LogP contribution in [0.15, 0.2) is 30.9 Å². The third-order valence-electron chi connectivity index (χ3n) is 1.39. The number of hydrogen-bond acceptors (Lipinski definition) is 1. The van der Waals surface area contributed by atoms with Crippen molar-refractivity contribution < 1.29 is 5.11 Å². The topological polar surface area (TPSA) is 20.2 Å². The second-order valence-electron chi connectivity index (χ2n) is 2.27. The number of allylic oxidation sites excluding steroid dienone is 1. The van der Waals surface area contributed by atoms with Gasteiger partial charge in [0.1, 0.15) is 5.75 Å². The zero-order valence-corrected chi connectivity index (χ0v) is 6.80. The first-order valence-corrected chi connectivity index (χ1v) is 3.70. The molecule has 0 aliphatic carbocycles. The van der Waals surface area contributed by atoms with Crippen molar-refractivity contribution in [1.82, 2.24) is 0 Å². The molecule has 0 aliphatic rings. The summed E-state index contributed by atoms with van der Waals surface area (Å²) in [5.41, 5.74) is 0.904. The van der Waals surface area contributed by atoms with E-state index in [0.29, 0.717) is 11.4 Å². The number of phenolic OH excluding ortho intramolecular Hbond substituents is 1. The largest absolute Gasteiger partial charge is 0.508 e. The smallest absolute Gasteiger partial charge is 0.115 e. The minimum atomic E-state index is 0.242. The molecule has 0 amide bonds. The van der Waals surface area contributed by atoms with Crippen molar-refractivity contribution in [2.45, 2.75) is 6.42 Å². The van der Waals surface area contributed by atoms with Crippen LogP contribution in [0.5, 0.6) is 5.75 Å². The summed E-state index contributed by atoms with van der Waals surface area (Å²) in [5.74, 6) is 0.242. The van der Waals surface area contributed by atoms with Gasteiger partial charge in [-0.1, -0.05) is 17.7 Å². The fraction of sp³-hybridized carbons (Fsp3) is 0.111. The molecule has 1 rings (SSSR count). The highest BCUT2D eigenvalue weighted by Gasteiger charge is 1.98. The molecule has 0 aliphatic heterocycles. The lowest BCUT2D eigenvalue weighted by molar-refractivity contribution is 0.475. The Kier molecular flexibility index (Phi) is 2.55. The van der Waals surface area contributed by atoms with Gasteiger partial charge in [-0.05, 0) is 30.2 Å². The lowest BCUT2D eigenvalue weighted by atomic mass is 10.1. The maximum Gasteiger partial charge on any atom is 0.115 e. The van der Waals surface area contributed by atoms with Crippen LogP contribution in [0, 0.1) is 0 Å². The van der Waals surface area contributed by atoms with E-state index in [4.69, 9.17) is 16.7 Å². The van der Waals surface area contributed by atoms with Gasteiger partial charge in [0.15, 0.2) is 0 Å². The fourth-order valence-electron chi connectivity index (χ4n) is 0.873. The Labute approximate surface area is 70.9 Å². The SMILES string of the molecule is C=CCc1cc(O)ccc1Cl. The molecule has 0 fully saturated rings. The fourth-order valence-corrected chi connectivity index (χ4v) is 1.07. The van der Waals surface area contributed by atoms with Crippen molar-refractivity contribution in [2.75, 3.05) is 0 Å². The van der Waals surface area contributed by atoms with Gasteiger partial charge in [0.25, 0.3) is 0 Å². The molecule has 0 atom stereocenters. The Morgan fingerprint density at radius 1 is 1.55 bits per heavy atom. The first-order valence-electron chi connectivity index (χ1n) is 3.32. The third kappa shape index (κ3) is 1.99. The van der Waals surface area contributed by atoms with Crippen LogP contribution in [0.4, 0.5) is 0 Å². The van der Waals surface area contributed by atoms with Crippen molar-refractivity contribution in [3.63, 3.8) is 0 Å². The summed E-state index contributed by atoms with van der Waals surface area (Å²) >= 11 is 5.82. The predicted octanol–water partition coefficient (Wildman–Crippen LogP) is 2.77. The quantitative estimate of drug-likeness (QED) is 0.674. The molecule has 2 heteroatoms. The number of aromatic hydroxyl groups is 1. The third-order valence-corrected chi connectivity index (χ3v) is 1.76. The van der Waals surface area contributed by atoms with E-state index in [1.54, 1.807) is 24.3 Å². The highest BCUT2D eigenvalue weighted by atomic mass is 35.5. The molecule has 0 aromatic heterocycles. The Bertz CT molecular complexity index is 268. The summed E-state index contributed by atoms with van der Waals surface area (Å²) in [5, 5.41) is 9.74. The molecule has 0 bridgehead atoms. The van der Waals surface area contributed by atoms with Gasteiger partial charge in [-0.3, -0.25) is 0 Å². The summed E-state index contributed by atoms with van der Waals surface area (Å²) in [7, 11) is 0. The van der Waals surface area contributed by atoms with Gasteiger partial charge in [-0.15, -0.1) is 6.58 Å².